The summed E-state index contributed by atoms with van der Waals surface area (Å²) in [6, 6.07) is 6.86. The Labute approximate surface area is 166 Å². The number of aliphatic hydroxyl groups is 1. The fourth-order valence-corrected chi connectivity index (χ4v) is 4.53. The van der Waals surface area contributed by atoms with Gasteiger partial charge < -0.3 is 19.5 Å². The highest BCUT2D eigenvalue weighted by Gasteiger charge is 2.44. The monoisotopic (exact) mass is 392 g/mol. The minimum atomic E-state index is -1.28. The summed E-state index contributed by atoms with van der Waals surface area (Å²) in [6.07, 6.45) is 0.725. The van der Waals surface area contributed by atoms with E-state index in [1.165, 1.54) is 0 Å². The second-order valence-electron chi connectivity index (χ2n) is 7.85. The lowest BCUT2D eigenvalue weighted by Crippen LogP contribution is -2.45. The fraction of sp³-hybridized carbons (Fsp3) is 0.318. The Morgan fingerprint density at radius 2 is 2.03 bits per heavy atom. The van der Waals surface area contributed by atoms with Gasteiger partial charge in [0.2, 0.25) is 0 Å². The number of ether oxygens (including phenoxy) is 1. The molecule has 1 atom stereocenters. The molecular weight excluding hydrogens is 372 g/mol. The van der Waals surface area contributed by atoms with Crippen LogP contribution in [0.3, 0.4) is 0 Å². The van der Waals surface area contributed by atoms with Crippen LogP contribution in [-0.2, 0) is 34.5 Å². The lowest BCUT2D eigenvalue weighted by molar-refractivity contribution is -0.155. The molecule has 0 saturated heterocycles. The molecule has 7 nitrogen and oxygen atoms in total. The molecule has 0 aliphatic carbocycles. The average Bonchev–Trinajstić information content (AvgIpc) is 3.08. The minimum Gasteiger partial charge on any atom is -0.508 e. The number of pyridine rings is 2. The number of hydrogen-bond acceptors (Lipinski definition) is 6. The maximum absolute atomic E-state index is 13.3. The zero-order valence-electron chi connectivity index (χ0n) is 16.2. The van der Waals surface area contributed by atoms with E-state index in [2.05, 4.69) is 0 Å². The van der Waals surface area contributed by atoms with Gasteiger partial charge in [0.1, 0.15) is 17.8 Å². The number of fused-ring (bicyclic) bond motifs is 5. The van der Waals surface area contributed by atoms with E-state index in [4.69, 9.17) is 9.72 Å². The third kappa shape index (κ3) is 2.25. The Morgan fingerprint density at radius 1 is 1.24 bits per heavy atom. The van der Waals surface area contributed by atoms with E-state index in [0.29, 0.717) is 29.1 Å². The number of carbonyl (C=O) groups is 1. The van der Waals surface area contributed by atoms with E-state index in [-0.39, 0.29) is 17.9 Å². The molecule has 1 aromatic carbocycles. The Balaban J connectivity index is 1.84. The standard InChI is InChI=1S/C22H20N2O5/c1-3-12-13-6-11(26)4-5-17(13)23-19-14(12)8-24-18(19)7-16-15(20(24)27)9-29-21(28)22(16,2)10-25/h4-7,25-26H,3,8-10H2,1-2H3. The molecule has 0 radical (unpaired) electrons. The van der Waals surface area contributed by atoms with Crippen LogP contribution in [-0.4, -0.2) is 32.3 Å². The topological polar surface area (TPSA) is 102 Å². The lowest BCUT2D eigenvalue weighted by atomic mass is 9.79. The molecule has 2 aliphatic heterocycles. The summed E-state index contributed by atoms with van der Waals surface area (Å²) in [4.78, 5) is 30.4. The number of aromatic nitrogens is 2. The zero-order valence-corrected chi connectivity index (χ0v) is 16.2. The maximum atomic E-state index is 13.3. The van der Waals surface area contributed by atoms with Crippen molar-refractivity contribution >= 4 is 16.9 Å². The molecule has 5 rings (SSSR count). The normalized spacial score (nSPS) is 19.6. The zero-order chi connectivity index (χ0) is 20.5. The summed E-state index contributed by atoms with van der Waals surface area (Å²) in [5.74, 6) is -0.363. The smallest absolute Gasteiger partial charge is 0.318 e. The number of phenols is 1. The van der Waals surface area contributed by atoms with Crippen molar-refractivity contribution < 1.29 is 19.7 Å². The van der Waals surface area contributed by atoms with Gasteiger partial charge in [-0.15, -0.1) is 0 Å². The number of benzene rings is 1. The molecule has 0 fully saturated rings. The number of aryl methyl sites for hydroxylation is 1. The number of hydrogen-bond donors (Lipinski definition) is 2. The molecule has 7 heteroatoms. The van der Waals surface area contributed by atoms with Crippen LogP contribution in [0.25, 0.3) is 22.3 Å². The van der Waals surface area contributed by atoms with Gasteiger partial charge in [-0.25, -0.2) is 4.98 Å². The summed E-state index contributed by atoms with van der Waals surface area (Å²) >= 11 is 0. The molecule has 0 spiro atoms. The second-order valence-corrected chi connectivity index (χ2v) is 7.85. The van der Waals surface area contributed by atoms with Crippen molar-refractivity contribution in [3.63, 3.8) is 0 Å². The summed E-state index contributed by atoms with van der Waals surface area (Å²) in [7, 11) is 0. The molecule has 2 N–H and O–H groups in total. The summed E-state index contributed by atoms with van der Waals surface area (Å²) in [6.45, 7) is 3.46. The number of phenolic OH excluding ortho intramolecular Hbond substituents is 1. The second kappa shape index (κ2) is 5.90. The van der Waals surface area contributed by atoms with Crippen LogP contribution in [0, 0.1) is 0 Å². The highest BCUT2D eigenvalue weighted by molar-refractivity contribution is 5.90. The molecule has 29 heavy (non-hydrogen) atoms. The van der Waals surface area contributed by atoms with Crippen LogP contribution >= 0.6 is 0 Å². The molecule has 4 heterocycles. The third-order valence-electron chi connectivity index (χ3n) is 6.21. The first-order chi connectivity index (χ1) is 13.9. The highest BCUT2D eigenvalue weighted by Crippen LogP contribution is 2.40. The largest absolute Gasteiger partial charge is 0.508 e. The number of carbonyl (C=O) groups excluding carboxylic acids is 1. The van der Waals surface area contributed by atoms with Crippen LogP contribution in [0.15, 0.2) is 29.1 Å². The van der Waals surface area contributed by atoms with E-state index < -0.39 is 18.0 Å². The number of cyclic esters (lactones) is 1. The Bertz CT molecular complexity index is 1280. The van der Waals surface area contributed by atoms with Gasteiger partial charge in [0.05, 0.1) is 35.6 Å². The van der Waals surface area contributed by atoms with Gasteiger partial charge in [0.25, 0.3) is 5.56 Å². The van der Waals surface area contributed by atoms with Gasteiger partial charge in [-0.1, -0.05) is 6.92 Å². The molecule has 0 bridgehead atoms. The van der Waals surface area contributed by atoms with E-state index in [0.717, 1.165) is 28.5 Å². The molecule has 3 aromatic rings. The predicted molar refractivity (Wildman–Crippen MR) is 106 cm³/mol. The van der Waals surface area contributed by atoms with Crippen molar-refractivity contribution in [2.75, 3.05) is 6.61 Å². The quantitative estimate of drug-likeness (QED) is 0.506. The van der Waals surface area contributed by atoms with Crippen LogP contribution < -0.4 is 5.56 Å². The lowest BCUT2D eigenvalue weighted by Gasteiger charge is -2.32. The van der Waals surface area contributed by atoms with Crippen LogP contribution in [0.4, 0.5) is 0 Å². The van der Waals surface area contributed by atoms with Gasteiger partial charge in [0, 0.05) is 10.9 Å². The van der Waals surface area contributed by atoms with E-state index in [9.17, 15) is 19.8 Å². The van der Waals surface area contributed by atoms with Crippen molar-refractivity contribution in [1.29, 1.82) is 0 Å². The van der Waals surface area contributed by atoms with Gasteiger partial charge in [-0.2, -0.15) is 0 Å². The first-order valence-corrected chi connectivity index (χ1v) is 9.59. The Morgan fingerprint density at radius 3 is 2.76 bits per heavy atom. The summed E-state index contributed by atoms with van der Waals surface area (Å²) in [5, 5.41) is 20.7. The van der Waals surface area contributed by atoms with E-state index in [1.807, 2.05) is 6.92 Å². The molecular formula is C22H20N2O5. The maximum Gasteiger partial charge on any atom is 0.318 e. The van der Waals surface area contributed by atoms with Crippen LogP contribution in [0.5, 0.6) is 5.75 Å². The van der Waals surface area contributed by atoms with Gasteiger partial charge in [-0.05, 0) is 48.7 Å². The van der Waals surface area contributed by atoms with E-state index in [1.54, 1.807) is 35.8 Å². The number of esters is 1. The molecule has 2 aromatic heterocycles. The number of aliphatic hydroxyl groups excluding tert-OH is 1. The number of rotatable bonds is 2. The number of aromatic hydroxyl groups is 1. The van der Waals surface area contributed by atoms with Crippen molar-refractivity contribution in [3.8, 4) is 17.1 Å². The minimum absolute atomic E-state index is 0.0941. The summed E-state index contributed by atoms with van der Waals surface area (Å²) < 4.78 is 6.85. The molecule has 0 saturated carbocycles. The van der Waals surface area contributed by atoms with Gasteiger partial charge in [0.15, 0.2) is 0 Å². The third-order valence-corrected chi connectivity index (χ3v) is 6.21. The van der Waals surface area contributed by atoms with Crippen molar-refractivity contribution in [2.24, 2.45) is 0 Å². The molecule has 2 aliphatic rings. The predicted octanol–water partition coefficient (Wildman–Crippen LogP) is 2.00. The van der Waals surface area contributed by atoms with Crippen molar-refractivity contribution in [3.05, 3.63) is 56.9 Å². The van der Waals surface area contributed by atoms with Crippen LogP contribution in [0.2, 0.25) is 0 Å². The molecule has 1 unspecified atom stereocenters. The fourth-order valence-electron chi connectivity index (χ4n) is 4.53. The SMILES string of the molecule is CCc1c2c(nc3ccc(O)cc13)-c1cc3c(c(=O)n1C2)COC(=O)C3(C)CO. The Kier molecular flexibility index (Phi) is 3.64. The van der Waals surface area contributed by atoms with Crippen molar-refractivity contribution in [2.45, 2.75) is 38.8 Å². The Hall–Kier alpha value is -3.19. The molecule has 0 amide bonds. The van der Waals surface area contributed by atoms with Gasteiger partial charge in [-0.3, -0.25) is 9.59 Å². The van der Waals surface area contributed by atoms with Gasteiger partial charge >= 0.3 is 5.97 Å². The first kappa shape index (κ1) is 17.9. The highest BCUT2D eigenvalue weighted by atomic mass is 16.5. The molecule has 148 valence electrons. The van der Waals surface area contributed by atoms with E-state index >= 15 is 0 Å². The van der Waals surface area contributed by atoms with Crippen molar-refractivity contribution in [1.82, 2.24) is 9.55 Å². The first-order valence-electron chi connectivity index (χ1n) is 9.59. The average molecular weight is 392 g/mol. The number of nitrogens with zero attached hydrogens (tertiary/aromatic N) is 2. The van der Waals surface area contributed by atoms with Crippen LogP contribution in [0.1, 0.15) is 36.1 Å². The summed E-state index contributed by atoms with van der Waals surface area (Å²) in [5.41, 5.74) is 3.48.